The maximum atomic E-state index is 5.24. The molecule has 4 rings (SSSR count). The summed E-state index contributed by atoms with van der Waals surface area (Å²) in [6.45, 7) is 0. The van der Waals surface area contributed by atoms with Gasteiger partial charge in [0.1, 0.15) is 5.75 Å². The number of rotatable bonds is 5. The molecule has 0 radical (unpaired) electrons. The van der Waals surface area contributed by atoms with Crippen molar-refractivity contribution in [2.45, 2.75) is 0 Å². The van der Waals surface area contributed by atoms with Crippen LogP contribution in [0.1, 0.15) is 5.56 Å². The maximum Gasteiger partial charge on any atom is 0.201 e. The van der Waals surface area contributed by atoms with Crippen LogP contribution in [0.2, 0.25) is 0 Å². The Kier molecular flexibility index (Phi) is 5.58. The van der Waals surface area contributed by atoms with E-state index in [4.69, 9.17) is 4.74 Å². The summed E-state index contributed by atoms with van der Waals surface area (Å²) in [6.07, 6.45) is 0. The van der Waals surface area contributed by atoms with Crippen molar-refractivity contribution in [2.24, 2.45) is 15.3 Å². The Balaban J connectivity index is 1.64. The van der Waals surface area contributed by atoms with Gasteiger partial charge >= 0.3 is 0 Å². The molecule has 0 amide bonds. The highest BCUT2D eigenvalue weighted by Crippen LogP contribution is 2.20. The number of nitrogens with one attached hydrogen (secondary N) is 1. The van der Waals surface area contributed by atoms with Crippen molar-refractivity contribution in [3.8, 4) is 5.75 Å². The Labute approximate surface area is 169 Å². The van der Waals surface area contributed by atoms with Crippen LogP contribution < -0.4 is 10.2 Å². The van der Waals surface area contributed by atoms with Gasteiger partial charge < -0.3 is 4.74 Å². The number of hydrogen-bond donors (Lipinski definition) is 1. The molecule has 0 unspecified atom stereocenters. The first kappa shape index (κ1) is 18.4. The van der Waals surface area contributed by atoms with Gasteiger partial charge in [0.2, 0.25) is 5.84 Å². The first-order chi connectivity index (χ1) is 14.3. The Hall–Kier alpha value is -3.99. The van der Waals surface area contributed by atoms with Crippen LogP contribution in [0.15, 0.2) is 112 Å². The van der Waals surface area contributed by atoms with Gasteiger partial charge in [-0.3, -0.25) is 5.43 Å². The summed E-state index contributed by atoms with van der Waals surface area (Å²) in [4.78, 5) is 0. The van der Waals surface area contributed by atoms with E-state index in [1.807, 2.05) is 72.8 Å². The van der Waals surface area contributed by atoms with Crippen LogP contribution >= 0.6 is 0 Å². The highest BCUT2D eigenvalue weighted by atomic mass is 16.5. The predicted molar refractivity (Wildman–Crippen MR) is 118 cm³/mol. The zero-order valence-corrected chi connectivity index (χ0v) is 16.0. The van der Waals surface area contributed by atoms with Crippen molar-refractivity contribution < 1.29 is 4.74 Å². The predicted octanol–water partition coefficient (Wildman–Crippen LogP) is 6.41. The molecule has 0 aromatic heterocycles. The van der Waals surface area contributed by atoms with E-state index in [1.54, 1.807) is 7.11 Å². The average Bonchev–Trinajstić information content (AvgIpc) is 2.80. The van der Waals surface area contributed by atoms with E-state index in [0.29, 0.717) is 5.84 Å². The van der Waals surface area contributed by atoms with Crippen molar-refractivity contribution in [3.05, 3.63) is 103 Å². The Morgan fingerprint density at radius 3 is 2.24 bits per heavy atom. The highest BCUT2D eigenvalue weighted by Gasteiger charge is 2.04. The topological polar surface area (TPSA) is 58.3 Å². The first-order valence-corrected chi connectivity index (χ1v) is 9.25. The summed E-state index contributed by atoms with van der Waals surface area (Å²) in [5, 5.41) is 15.5. The second kappa shape index (κ2) is 8.80. The minimum atomic E-state index is 0.477. The number of anilines is 1. The second-order valence-electron chi connectivity index (χ2n) is 6.37. The molecule has 4 aromatic rings. The molecule has 1 N–H and O–H groups in total. The molecule has 0 atom stereocenters. The standard InChI is InChI=1S/C24H20N4O/c1-29-23-15-12-19(13-16-23)24(27-25-21-9-3-2-4-10-21)28-26-22-14-11-18-7-5-6-8-20(18)17-22/h2-17,26H,1H3/b27-25?,28-24-. The van der Waals surface area contributed by atoms with Gasteiger partial charge in [-0.15, -0.1) is 10.2 Å². The first-order valence-electron chi connectivity index (χ1n) is 9.25. The molecule has 0 aliphatic rings. The van der Waals surface area contributed by atoms with Crippen molar-refractivity contribution in [2.75, 3.05) is 12.5 Å². The number of hydrogen-bond acceptors (Lipinski definition) is 4. The molecule has 0 fully saturated rings. The van der Waals surface area contributed by atoms with Crippen LogP contribution in [-0.2, 0) is 0 Å². The number of nitrogens with zero attached hydrogens (tertiary/aromatic N) is 3. The third kappa shape index (κ3) is 4.65. The average molecular weight is 380 g/mol. The SMILES string of the molecule is COc1ccc(/C(N=Nc2ccccc2)=N/Nc2ccc3ccccc3c2)cc1. The minimum Gasteiger partial charge on any atom is -0.497 e. The number of azo groups is 1. The van der Waals surface area contributed by atoms with E-state index in [2.05, 4.69) is 45.0 Å². The Morgan fingerprint density at radius 2 is 1.48 bits per heavy atom. The van der Waals surface area contributed by atoms with Crippen LogP contribution in [0.25, 0.3) is 10.8 Å². The van der Waals surface area contributed by atoms with Gasteiger partial charge in [-0.1, -0.05) is 48.5 Å². The van der Waals surface area contributed by atoms with Crippen LogP contribution in [0, 0.1) is 0 Å². The van der Waals surface area contributed by atoms with Crippen LogP contribution in [-0.4, -0.2) is 12.9 Å². The molecule has 0 spiro atoms. The van der Waals surface area contributed by atoms with Gasteiger partial charge in [0.05, 0.1) is 18.5 Å². The van der Waals surface area contributed by atoms with E-state index in [1.165, 1.54) is 5.39 Å². The molecular weight excluding hydrogens is 360 g/mol. The number of ether oxygens (including phenoxy) is 1. The van der Waals surface area contributed by atoms with Crippen LogP contribution in [0.5, 0.6) is 5.75 Å². The Bertz CT molecular complexity index is 1150. The lowest BCUT2D eigenvalue weighted by Crippen LogP contribution is -2.01. The molecule has 4 aromatic carbocycles. The molecule has 5 nitrogen and oxygen atoms in total. The van der Waals surface area contributed by atoms with E-state index in [-0.39, 0.29) is 0 Å². The molecule has 0 saturated carbocycles. The zero-order chi connectivity index (χ0) is 19.9. The fourth-order valence-corrected chi connectivity index (χ4v) is 2.86. The van der Waals surface area contributed by atoms with Gasteiger partial charge in [0.25, 0.3) is 0 Å². The summed E-state index contributed by atoms with van der Waals surface area (Å²) in [5.74, 6) is 1.25. The van der Waals surface area contributed by atoms with Crippen molar-refractivity contribution >= 4 is 28.0 Å². The largest absolute Gasteiger partial charge is 0.497 e. The Morgan fingerprint density at radius 1 is 0.759 bits per heavy atom. The number of methoxy groups -OCH3 is 1. The fraction of sp³-hybridized carbons (Fsp3) is 0.0417. The summed E-state index contributed by atoms with van der Waals surface area (Å²) >= 11 is 0. The van der Waals surface area contributed by atoms with Gasteiger partial charge in [0.15, 0.2) is 0 Å². The number of fused-ring (bicyclic) bond motifs is 1. The van der Waals surface area contributed by atoms with E-state index in [9.17, 15) is 0 Å². The van der Waals surface area contributed by atoms with Gasteiger partial charge in [0, 0.05) is 5.56 Å². The minimum absolute atomic E-state index is 0.477. The molecule has 29 heavy (non-hydrogen) atoms. The molecule has 0 heterocycles. The molecule has 0 aliphatic heterocycles. The molecular formula is C24H20N4O. The lowest BCUT2D eigenvalue weighted by Gasteiger charge is -2.06. The van der Waals surface area contributed by atoms with Gasteiger partial charge in [-0.25, -0.2) is 0 Å². The van der Waals surface area contributed by atoms with E-state index >= 15 is 0 Å². The van der Waals surface area contributed by atoms with E-state index in [0.717, 1.165) is 28.1 Å². The lowest BCUT2D eigenvalue weighted by atomic mass is 10.1. The van der Waals surface area contributed by atoms with Crippen LogP contribution in [0.3, 0.4) is 0 Å². The number of hydrazone groups is 1. The molecule has 142 valence electrons. The smallest absolute Gasteiger partial charge is 0.201 e. The lowest BCUT2D eigenvalue weighted by molar-refractivity contribution is 0.415. The maximum absolute atomic E-state index is 5.24. The van der Waals surface area contributed by atoms with Gasteiger partial charge in [-0.2, -0.15) is 5.10 Å². The molecule has 5 heteroatoms. The van der Waals surface area contributed by atoms with Gasteiger partial charge in [-0.05, 0) is 59.3 Å². The van der Waals surface area contributed by atoms with Crippen LogP contribution in [0.4, 0.5) is 11.4 Å². The molecule has 0 saturated heterocycles. The summed E-state index contributed by atoms with van der Waals surface area (Å²) < 4.78 is 5.24. The van der Waals surface area contributed by atoms with Crippen molar-refractivity contribution in [3.63, 3.8) is 0 Å². The summed E-state index contributed by atoms with van der Waals surface area (Å²) in [5.41, 5.74) is 5.58. The highest BCUT2D eigenvalue weighted by molar-refractivity contribution is 6.00. The van der Waals surface area contributed by atoms with E-state index < -0.39 is 0 Å². The normalized spacial score (nSPS) is 11.7. The third-order valence-corrected chi connectivity index (χ3v) is 4.40. The second-order valence-corrected chi connectivity index (χ2v) is 6.37. The quantitative estimate of drug-likeness (QED) is 0.188. The molecule has 0 bridgehead atoms. The number of benzene rings is 4. The third-order valence-electron chi connectivity index (χ3n) is 4.40. The molecule has 0 aliphatic carbocycles. The van der Waals surface area contributed by atoms with Crippen molar-refractivity contribution in [1.29, 1.82) is 0 Å². The summed E-state index contributed by atoms with van der Waals surface area (Å²) in [7, 11) is 1.64. The summed E-state index contributed by atoms with van der Waals surface area (Å²) in [6, 6.07) is 31.4. The van der Waals surface area contributed by atoms with Crippen molar-refractivity contribution in [1.82, 2.24) is 0 Å². The zero-order valence-electron chi connectivity index (χ0n) is 16.0. The number of amidine groups is 1. The fourth-order valence-electron chi connectivity index (χ4n) is 2.86. The monoisotopic (exact) mass is 380 g/mol.